The van der Waals surface area contributed by atoms with Gasteiger partial charge in [0.1, 0.15) is 5.60 Å². The summed E-state index contributed by atoms with van der Waals surface area (Å²) < 4.78 is 34.5. The zero-order valence-electron chi connectivity index (χ0n) is 20.1. The molecule has 1 fully saturated rings. The molecule has 6 heteroatoms. The highest BCUT2D eigenvalue weighted by atomic mass is 19.2. The molecule has 2 N–H and O–H groups in total. The van der Waals surface area contributed by atoms with Crippen LogP contribution in [-0.2, 0) is 28.2 Å². The van der Waals surface area contributed by atoms with E-state index in [1.165, 1.54) is 24.6 Å². The van der Waals surface area contributed by atoms with Gasteiger partial charge in [-0.05, 0) is 77.4 Å². The number of carbonyl (C=O) groups is 1. The highest BCUT2D eigenvalue weighted by Crippen LogP contribution is 2.51. The average molecular weight is 477 g/mol. The number of hydrogen-bond donors (Lipinski definition) is 2. The summed E-state index contributed by atoms with van der Waals surface area (Å²) in [6.07, 6.45) is 1.45. The molecule has 0 aliphatic carbocycles. The minimum absolute atomic E-state index is 0.0218. The summed E-state index contributed by atoms with van der Waals surface area (Å²) in [4.78, 5) is 11.3. The summed E-state index contributed by atoms with van der Waals surface area (Å²) in [5.41, 5.74) is 6.55. The molecule has 4 nitrogen and oxygen atoms in total. The van der Waals surface area contributed by atoms with Crippen molar-refractivity contribution in [3.8, 4) is 11.1 Å². The summed E-state index contributed by atoms with van der Waals surface area (Å²) in [5, 5.41) is 6.34. The van der Waals surface area contributed by atoms with Crippen molar-refractivity contribution in [3.05, 3.63) is 94.0 Å². The molecule has 1 amide bonds. The molecular formula is C29H30F2N2O2. The molecular weight excluding hydrogens is 446 g/mol. The van der Waals surface area contributed by atoms with Crippen molar-refractivity contribution in [2.45, 2.75) is 44.8 Å². The highest BCUT2D eigenvalue weighted by Gasteiger charge is 2.49. The summed E-state index contributed by atoms with van der Waals surface area (Å²) in [6.45, 7) is 5.97. The lowest BCUT2D eigenvalue weighted by molar-refractivity contribution is -0.118. The van der Waals surface area contributed by atoms with Crippen LogP contribution in [0.5, 0.6) is 0 Å². The Morgan fingerprint density at radius 3 is 2.74 bits per heavy atom. The van der Waals surface area contributed by atoms with E-state index in [-0.39, 0.29) is 11.8 Å². The Kier molecular flexibility index (Phi) is 6.43. The van der Waals surface area contributed by atoms with Crippen molar-refractivity contribution in [2.24, 2.45) is 0 Å². The van der Waals surface area contributed by atoms with Crippen LogP contribution in [0.3, 0.4) is 0 Å². The van der Waals surface area contributed by atoms with Gasteiger partial charge in [0.15, 0.2) is 11.6 Å². The minimum atomic E-state index is -0.826. The number of benzene rings is 3. The number of fused-ring (bicyclic) bond motifs is 2. The fourth-order valence-corrected chi connectivity index (χ4v) is 5.73. The fraction of sp³-hybridized carbons (Fsp3) is 0.345. The maximum Gasteiger partial charge on any atom is 0.216 e. The molecule has 0 aromatic heterocycles. The lowest BCUT2D eigenvalue weighted by atomic mass is 9.72. The third kappa shape index (κ3) is 4.37. The highest BCUT2D eigenvalue weighted by molar-refractivity contribution is 5.73. The first kappa shape index (κ1) is 23.6. The smallest absolute Gasteiger partial charge is 0.216 e. The molecule has 0 bridgehead atoms. The van der Waals surface area contributed by atoms with Gasteiger partial charge in [0.2, 0.25) is 5.91 Å². The number of piperidine rings is 1. The maximum absolute atomic E-state index is 14.3. The number of rotatable bonds is 5. The number of hydrogen-bond acceptors (Lipinski definition) is 3. The van der Waals surface area contributed by atoms with Crippen LogP contribution in [-0.4, -0.2) is 25.5 Å². The largest absolute Gasteiger partial charge is 0.365 e. The van der Waals surface area contributed by atoms with Gasteiger partial charge in [-0.15, -0.1) is 0 Å². The van der Waals surface area contributed by atoms with Crippen LogP contribution in [0.25, 0.3) is 11.1 Å². The standard InChI is InChI=1S/C29H30F2N2O2/c1-18-13-21(24-6-4-3-5-20(24)9-11-33-19(2)34)7-8-23(18)26-16-32-12-10-29(26)25-15-28(31)27(30)14-22(25)17-35-29/h3-8,13-15,26,32H,9-12,16-17H2,1-2H3,(H,33,34)/t26?,29-/m0/s1. The second-order valence-corrected chi connectivity index (χ2v) is 9.57. The van der Waals surface area contributed by atoms with Crippen LogP contribution < -0.4 is 10.6 Å². The van der Waals surface area contributed by atoms with Crippen LogP contribution in [0.2, 0.25) is 0 Å². The Balaban J connectivity index is 1.49. The predicted octanol–water partition coefficient (Wildman–Crippen LogP) is 5.12. The second kappa shape index (κ2) is 9.51. The molecule has 0 radical (unpaired) electrons. The molecule has 1 spiro atoms. The van der Waals surface area contributed by atoms with Gasteiger partial charge in [-0.2, -0.15) is 0 Å². The van der Waals surface area contributed by atoms with Crippen molar-refractivity contribution >= 4 is 5.91 Å². The monoisotopic (exact) mass is 476 g/mol. The van der Waals surface area contributed by atoms with Crippen LogP contribution in [0, 0.1) is 18.6 Å². The minimum Gasteiger partial charge on any atom is -0.365 e. The van der Waals surface area contributed by atoms with Gasteiger partial charge in [0.25, 0.3) is 0 Å². The molecule has 182 valence electrons. The normalized spacial score (nSPS) is 21.2. The van der Waals surface area contributed by atoms with Gasteiger partial charge < -0.3 is 15.4 Å². The summed E-state index contributed by atoms with van der Waals surface area (Å²) in [6, 6.07) is 17.3. The number of nitrogens with one attached hydrogen (secondary N) is 2. The summed E-state index contributed by atoms with van der Waals surface area (Å²) >= 11 is 0. The topological polar surface area (TPSA) is 50.4 Å². The molecule has 3 aromatic carbocycles. The van der Waals surface area contributed by atoms with Crippen LogP contribution in [0.15, 0.2) is 54.6 Å². The Bertz CT molecular complexity index is 1280. The summed E-state index contributed by atoms with van der Waals surface area (Å²) in [7, 11) is 0. The fourth-order valence-electron chi connectivity index (χ4n) is 5.73. The summed E-state index contributed by atoms with van der Waals surface area (Å²) in [5.74, 6) is -1.70. The number of ether oxygens (including phenoxy) is 1. The molecule has 1 saturated heterocycles. The van der Waals surface area contributed by atoms with E-state index >= 15 is 0 Å². The first-order valence-corrected chi connectivity index (χ1v) is 12.2. The van der Waals surface area contributed by atoms with Gasteiger partial charge in [-0.25, -0.2) is 8.78 Å². The lowest BCUT2D eigenvalue weighted by Gasteiger charge is -2.42. The Morgan fingerprint density at radius 1 is 1.14 bits per heavy atom. The van der Waals surface area contributed by atoms with Gasteiger partial charge in [0, 0.05) is 25.9 Å². The molecule has 2 aliphatic rings. The second-order valence-electron chi connectivity index (χ2n) is 9.57. The molecule has 3 aromatic rings. The predicted molar refractivity (Wildman–Crippen MR) is 132 cm³/mol. The molecule has 35 heavy (non-hydrogen) atoms. The molecule has 0 saturated carbocycles. The quantitative estimate of drug-likeness (QED) is 0.537. The van der Waals surface area contributed by atoms with Crippen LogP contribution in [0.1, 0.15) is 47.1 Å². The maximum atomic E-state index is 14.3. The average Bonchev–Trinajstić information content (AvgIpc) is 3.17. The van der Waals surface area contributed by atoms with E-state index < -0.39 is 17.2 Å². The third-order valence-corrected chi connectivity index (χ3v) is 7.41. The van der Waals surface area contributed by atoms with Crippen molar-refractivity contribution in [1.82, 2.24) is 10.6 Å². The SMILES string of the molecule is CC(=O)NCCc1ccccc1-c1ccc(C2CNCC[C@@]23OCc2cc(F)c(F)cc23)c(C)c1. The van der Waals surface area contributed by atoms with E-state index in [1.54, 1.807) is 0 Å². The van der Waals surface area contributed by atoms with Crippen molar-refractivity contribution in [2.75, 3.05) is 19.6 Å². The zero-order valence-corrected chi connectivity index (χ0v) is 20.1. The molecule has 2 heterocycles. The van der Waals surface area contributed by atoms with Gasteiger partial charge in [-0.3, -0.25) is 4.79 Å². The molecule has 2 aliphatic heterocycles. The molecule has 5 rings (SSSR count). The first-order valence-electron chi connectivity index (χ1n) is 12.2. The van der Waals surface area contributed by atoms with Crippen LogP contribution in [0.4, 0.5) is 8.78 Å². The Labute approximate surface area is 204 Å². The third-order valence-electron chi connectivity index (χ3n) is 7.41. The van der Waals surface area contributed by atoms with E-state index in [1.807, 2.05) is 12.1 Å². The van der Waals surface area contributed by atoms with Gasteiger partial charge >= 0.3 is 0 Å². The Morgan fingerprint density at radius 2 is 1.94 bits per heavy atom. The zero-order chi connectivity index (χ0) is 24.6. The van der Waals surface area contributed by atoms with E-state index in [0.717, 1.165) is 46.3 Å². The van der Waals surface area contributed by atoms with E-state index in [2.05, 4.69) is 47.9 Å². The Hall–Kier alpha value is -3.09. The van der Waals surface area contributed by atoms with Crippen molar-refractivity contribution in [3.63, 3.8) is 0 Å². The lowest BCUT2D eigenvalue weighted by Crippen LogP contribution is -2.46. The van der Waals surface area contributed by atoms with Gasteiger partial charge in [-0.1, -0.05) is 42.5 Å². The first-order chi connectivity index (χ1) is 16.9. The van der Waals surface area contributed by atoms with E-state index in [4.69, 9.17) is 4.74 Å². The number of amides is 1. The number of aryl methyl sites for hydroxylation is 1. The molecule has 1 unspecified atom stereocenters. The van der Waals surface area contributed by atoms with Crippen LogP contribution >= 0.6 is 0 Å². The van der Waals surface area contributed by atoms with E-state index in [9.17, 15) is 13.6 Å². The van der Waals surface area contributed by atoms with Crippen molar-refractivity contribution < 1.29 is 18.3 Å². The molecule has 2 atom stereocenters. The van der Waals surface area contributed by atoms with Gasteiger partial charge in [0.05, 0.1) is 6.61 Å². The van der Waals surface area contributed by atoms with E-state index in [0.29, 0.717) is 26.1 Å². The number of carbonyl (C=O) groups excluding carboxylic acids is 1. The van der Waals surface area contributed by atoms with Crippen molar-refractivity contribution in [1.29, 1.82) is 0 Å². The number of halogens is 2.